The van der Waals surface area contributed by atoms with Gasteiger partial charge in [-0.25, -0.2) is 4.79 Å². The molecule has 0 fully saturated rings. The fourth-order valence-electron chi connectivity index (χ4n) is 1.27. The molecule has 1 atom stereocenters. The number of nitriles is 1. The van der Waals surface area contributed by atoms with Gasteiger partial charge < -0.3 is 14.2 Å². The number of benzene rings is 1. The lowest BCUT2D eigenvalue weighted by atomic mass is 10.2. The van der Waals surface area contributed by atoms with E-state index in [4.69, 9.17) is 19.5 Å². The molecule has 0 amide bonds. The van der Waals surface area contributed by atoms with Crippen LogP contribution in [0.3, 0.4) is 0 Å². The summed E-state index contributed by atoms with van der Waals surface area (Å²) < 4.78 is 15.0. The van der Waals surface area contributed by atoms with Crippen LogP contribution in [0.4, 0.5) is 0 Å². The molecule has 0 aliphatic rings. The van der Waals surface area contributed by atoms with E-state index < -0.39 is 12.1 Å². The summed E-state index contributed by atoms with van der Waals surface area (Å²) in [4.78, 5) is 21.9. The highest BCUT2D eigenvalue weighted by Crippen LogP contribution is 2.27. The van der Waals surface area contributed by atoms with Crippen LogP contribution in [-0.2, 0) is 9.53 Å². The molecule has 1 aromatic carbocycles. The molecule has 100 valence electrons. The molecule has 0 N–H and O–H groups in total. The maximum Gasteiger partial charge on any atom is 0.345 e. The Morgan fingerprint density at radius 3 is 2.79 bits per heavy atom. The normalized spacial score (nSPS) is 11.0. The van der Waals surface area contributed by atoms with Crippen LogP contribution in [0.15, 0.2) is 18.2 Å². The Morgan fingerprint density at radius 1 is 1.47 bits per heavy atom. The summed E-state index contributed by atoms with van der Waals surface area (Å²) in [6.07, 6.45) is -0.148. The summed E-state index contributed by atoms with van der Waals surface area (Å²) in [6.45, 7) is 1.11. The summed E-state index contributed by atoms with van der Waals surface area (Å²) in [6, 6.07) is 6.31. The zero-order valence-corrected chi connectivity index (χ0v) is 10.6. The molecule has 0 aliphatic carbocycles. The van der Waals surface area contributed by atoms with Crippen LogP contribution in [0.25, 0.3) is 0 Å². The highest BCUT2D eigenvalue weighted by molar-refractivity contribution is 5.76. The van der Waals surface area contributed by atoms with E-state index in [1.165, 1.54) is 32.2 Å². The van der Waals surface area contributed by atoms with E-state index in [-0.39, 0.29) is 6.61 Å². The van der Waals surface area contributed by atoms with Crippen LogP contribution < -0.4 is 9.47 Å². The molecule has 19 heavy (non-hydrogen) atoms. The van der Waals surface area contributed by atoms with Crippen molar-refractivity contribution in [3.8, 4) is 17.6 Å². The second kappa shape index (κ2) is 7.01. The van der Waals surface area contributed by atoms with Crippen LogP contribution in [-0.4, -0.2) is 32.1 Å². The van der Waals surface area contributed by atoms with Crippen molar-refractivity contribution in [2.24, 2.45) is 0 Å². The molecule has 0 aliphatic heterocycles. The maximum absolute atomic E-state index is 11.3. The topological polar surface area (TPSA) is 85.6 Å². The number of hydrogen-bond donors (Lipinski definition) is 0. The smallest absolute Gasteiger partial charge is 0.345 e. The van der Waals surface area contributed by atoms with Crippen molar-refractivity contribution in [2.75, 3.05) is 13.7 Å². The molecule has 0 saturated heterocycles. The minimum absolute atomic E-state index is 0.315. The molecular formula is C13H13NO5. The lowest BCUT2D eigenvalue weighted by Crippen LogP contribution is -2.19. The van der Waals surface area contributed by atoms with Gasteiger partial charge in [-0.05, 0) is 25.1 Å². The lowest BCUT2D eigenvalue weighted by molar-refractivity contribution is -0.148. The number of carbonyl (C=O) groups excluding carboxylic acids is 2. The molecule has 0 radical (unpaired) electrons. The molecular weight excluding hydrogens is 250 g/mol. The van der Waals surface area contributed by atoms with Gasteiger partial charge in [0.25, 0.3) is 0 Å². The van der Waals surface area contributed by atoms with E-state index in [0.717, 1.165) is 0 Å². The maximum atomic E-state index is 11.3. The van der Waals surface area contributed by atoms with E-state index in [9.17, 15) is 9.59 Å². The van der Waals surface area contributed by atoms with E-state index in [0.29, 0.717) is 23.3 Å². The van der Waals surface area contributed by atoms with Gasteiger partial charge in [0.2, 0.25) is 0 Å². The summed E-state index contributed by atoms with van der Waals surface area (Å²) in [5, 5.41) is 8.49. The van der Waals surface area contributed by atoms with Gasteiger partial charge in [-0.2, -0.15) is 5.26 Å². The number of methoxy groups -OCH3 is 1. The van der Waals surface area contributed by atoms with E-state index >= 15 is 0 Å². The third-order valence-corrected chi connectivity index (χ3v) is 2.16. The lowest BCUT2D eigenvalue weighted by Gasteiger charge is -2.11. The van der Waals surface area contributed by atoms with Crippen LogP contribution in [0.1, 0.15) is 17.3 Å². The third kappa shape index (κ3) is 4.32. The van der Waals surface area contributed by atoms with Crippen LogP contribution >= 0.6 is 0 Å². The standard InChI is InChI=1S/C13H13NO5/c1-9(6-14)19-13(16)8-18-11-4-3-10(7-15)5-12(11)17-2/h3-5,7,9H,8H2,1-2H3/t9-/m0/s1. The van der Waals surface area contributed by atoms with Gasteiger partial charge in [-0.1, -0.05) is 0 Å². The van der Waals surface area contributed by atoms with Crippen LogP contribution in [0, 0.1) is 11.3 Å². The van der Waals surface area contributed by atoms with Crippen molar-refractivity contribution >= 4 is 12.3 Å². The van der Waals surface area contributed by atoms with Gasteiger partial charge in [0, 0.05) is 5.56 Å². The number of esters is 1. The largest absolute Gasteiger partial charge is 0.493 e. The Hall–Kier alpha value is -2.55. The monoisotopic (exact) mass is 263 g/mol. The van der Waals surface area contributed by atoms with Crippen molar-refractivity contribution in [1.82, 2.24) is 0 Å². The Kier molecular flexibility index (Phi) is 5.35. The minimum Gasteiger partial charge on any atom is -0.493 e. The Bertz CT molecular complexity index is 506. The molecule has 6 heteroatoms. The van der Waals surface area contributed by atoms with Crippen molar-refractivity contribution in [3.63, 3.8) is 0 Å². The Morgan fingerprint density at radius 2 is 2.21 bits per heavy atom. The molecule has 0 bridgehead atoms. The van der Waals surface area contributed by atoms with Gasteiger partial charge in [0.1, 0.15) is 12.4 Å². The summed E-state index contributed by atoms with van der Waals surface area (Å²) in [5.74, 6) is -0.00374. The second-order valence-electron chi connectivity index (χ2n) is 3.58. The fraction of sp³-hybridized carbons (Fsp3) is 0.308. The van der Waals surface area contributed by atoms with Crippen molar-refractivity contribution < 1.29 is 23.8 Å². The predicted molar refractivity (Wildman–Crippen MR) is 65.0 cm³/mol. The highest BCUT2D eigenvalue weighted by Gasteiger charge is 2.11. The SMILES string of the molecule is COc1cc(C=O)ccc1OCC(=O)O[C@@H](C)C#N. The van der Waals surface area contributed by atoms with Crippen molar-refractivity contribution in [3.05, 3.63) is 23.8 Å². The number of carbonyl (C=O) groups is 2. The van der Waals surface area contributed by atoms with Gasteiger partial charge >= 0.3 is 5.97 Å². The van der Waals surface area contributed by atoms with Gasteiger partial charge in [0.15, 0.2) is 24.2 Å². The molecule has 6 nitrogen and oxygen atoms in total. The minimum atomic E-state index is -0.824. The Labute approximate surface area is 110 Å². The number of ether oxygens (including phenoxy) is 3. The predicted octanol–water partition coefficient (Wildman–Crippen LogP) is 1.34. The van der Waals surface area contributed by atoms with E-state index in [1.54, 1.807) is 6.07 Å². The van der Waals surface area contributed by atoms with E-state index in [2.05, 4.69) is 0 Å². The average Bonchev–Trinajstić information content (AvgIpc) is 2.44. The quantitative estimate of drug-likeness (QED) is 0.568. The number of hydrogen-bond acceptors (Lipinski definition) is 6. The molecule has 0 spiro atoms. The first kappa shape index (κ1) is 14.5. The molecule has 0 saturated carbocycles. The number of rotatable bonds is 6. The van der Waals surface area contributed by atoms with Crippen LogP contribution in [0.2, 0.25) is 0 Å². The zero-order valence-electron chi connectivity index (χ0n) is 10.6. The summed E-state index contributed by atoms with van der Waals surface area (Å²) >= 11 is 0. The highest BCUT2D eigenvalue weighted by atomic mass is 16.6. The first-order chi connectivity index (χ1) is 9.10. The number of aldehydes is 1. The first-order valence-electron chi connectivity index (χ1n) is 5.45. The van der Waals surface area contributed by atoms with Gasteiger partial charge in [0.05, 0.1) is 7.11 Å². The van der Waals surface area contributed by atoms with Crippen molar-refractivity contribution in [2.45, 2.75) is 13.0 Å². The molecule has 1 aromatic rings. The van der Waals surface area contributed by atoms with Crippen molar-refractivity contribution in [1.29, 1.82) is 5.26 Å². The first-order valence-corrected chi connectivity index (χ1v) is 5.45. The average molecular weight is 263 g/mol. The Balaban J connectivity index is 2.65. The molecule has 0 unspecified atom stereocenters. The fourth-order valence-corrected chi connectivity index (χ4v) is 1.27. The number of nitrogens with zero attached hydrogens (tertiary/aromatic N) is 1. The van der Waals surface area contributed by atoms with Gasteiger partial charge in [-0.3, -0.25) is 4.79 Å². The molecule has 0 aromatic heterocycles. The second-order valence-corrected chi connectivity index (χ2v) is 3.58. The van der Waals surface area contributed by atoms with E-state index in [1.807, 2.05) is 0 Å². The van der Waals surface area contributed by atoms with Gasteiger partial charge in [-0.15, -0.1) is 0 Å². The summed E-state index contributed by atoms with van der Waals surface area (Å²) in [7, 11) is 1.42. The molecule has 0 heterocycles. The summed E-state index contributed by atoms with van der Waals surface area (Å²) in [5.41, 5.74) is 0.435. The third-order valence-electron chi connectivity index (χ3n) is 2.16. The zero-order chi connectivity index (χ0) is 14.3. The molecule has 1 rings (SSSR count). The van der Waals surface area contributed by atoms with Crippen LogP contribution in [0.5, 0.6) is 11.5 Å².